The summed E-state index contributed by atoms with van der Waals surface area (Å²) in [6, 6.07) is 7.82. The van der Waals surface area contributed by atoms with Gasteiger partial charge in [0.1, 0.15) is 5.84 Å². The lowest BCUT2D eigenvalue weighted by molar-refractivity contribution is 0.154. The van der Waals surface area contributed by atoms with E-state index in [0.29, 0.717) is 6.54 Å². The van der Waals surface area contributed by atoms with Crippen LogP contribution in [-0.2, 0) is 6.54 Å². The lowest BCUT2D eigenvalue weighted by Crippen LogP contribution is -2.30. The summed E-state index contributed by atoms with van der Waals surface area (Å²) in [7, 11) is 1.56. The number of amides is 1. The van der Waals surface area contributed by atoms with Crippen molar-refractivity contribution in [1.29, 1.82) is 0 Å². The number of hydrogen-bond acceptors (Lipinski definition) is 3. The average molecular weight is 247 g/mol. The number of benzene rings is 1. The standard InChI is InChI=1S/C13H17N3O2/c1-16(13(17)18)9-10-3-5-11(6-4-10)12-14-7-2-8-15-12/h3-6H,2,7-9H2,1H3,(H,14,15)(H,17,18). The zero-order valence-corrected chi connectivity index (χ0v) is 10.4. The molecule has 0 aliphatic carbocycles. The van der Waals surface area contributed by atoms with Crippen molar-refractivity contribution in [3.8, 4) is 0 Å². The van der Waals surface area contributed by atoms with Gasteiger partial charge in [-0.25, -0.2) is 4.79 Å². The van der Waals surface area contributed by atoms with Gasteiger partial charge >= 0.3 is 6.09 Å². The van der Waals surface area contributed by atoms with Crippen LogP contribution < -0.4 is 5.32 Å². The molecule has 5 heteroatoms. The summed E-state index contributed by atoms with van der Waals surface area (Å²) in [6.45, 7) is 2.23. The predicted molar refractivity (Wildman–Crippen MR) is 70.0 cm³/mol. The summed E-state index contributed by atoms with van der Waals surface area (Å²) in [4.78, 5) is 16.4. The molecule has 1 amide bonds. The normalized spacial score (nSPS) is 14.6. The minimum absolute atomic E-state index is 0.398. The first-order chi connectivity index (χ1) is 8.66. The molecule has 2 N–H and O–H groups in total. The maximum atomic E-state index is 10.7. The molecule has 1 aliphatic rings. The van der Waals surface area contributed by atoms with Crippen LogP contribution in [0.5, 0.6) is 0 Å². The second-order valence-corrected chi connectivity index (χ2v) is 4.35. The van der Waals surface area contributed by atoms with E-state index in [9.17, 15) is 4.79 Å². The topological polar surface area (TPSA) is 64.9 Å². The van der Waals surface area contributed by atoms with Crippen molar-refractivity contribution in [2.24, 2.45) is 4.99 Å². The molecule has 1 aromatic carbocycles. The predicted octanol–water partition coefficient (Wildman–Crippen LogP) is 1.54. The minimum Gasteiger partial charge on any atom is -0.465 e. The molecule has 0 atom stereocenters. The molecule has 0 bridgehead atoms. The number of aliphatic imine (C=N–C) groups is 1. The van der Waals surface area contributed by atoms with E-state index in [1.807, 2.05) is 24.3 Å². The van der Waals surface area contributed by atoms with E-state index in [1.165, 1.54) is 4.90 Å². The molecule has 18 heavy (non-hydrogen) atoms. The van der Waals surface area contributed by atoms with Gasteiger partial charge in [0.15, 0.2) is 0 Å². The Morgan fingerprint density at radius 2 is 2.17 bits per heavy atom. The second kappa shape index (κ2) is 5.53. The number of nitrogens with one attached hydrogen (secondary N) is 1. The maximum Gasteiger partial charge on any atom is 0.407 e. The Morgan fingerprint density at radius 1 is 1.44 bits per heavy atom. The quantitative estimate of drug-likeness (QED) is 0.851. The fraction of sp³-hybridized carbons (Fsp3) is 0.385. The van der Waals surface area contributed by atoms with Crippen LogP contribution in [-0.4, -0.2) is 42.1 Å². The lowest BCUT2D eigenvalue weighted by Gasteiger charge is -2.16. The van der Waals surface area contributed by atoms with Crippen molar-refractivity contribution in [2.75, 3.05) is 20.1 Å². The van der Waals surface area contributed by atoms with Crippen molar-refractivity contribution < 1.29 is 9.90 Å². The van der Waals surface area contributed by atoms with E-state index in [-0.39, 0.29) is 0 Å². The summed E-state index contributed by atoms with van der Waals surface area (Å²) in [6.07, 6.45) is 0.155. The third kappa shape index (κ3) is 3.00. The van der Waals surface area contributed by atoms with Crippen molar-refractivity contribution in [3.05, 3.63) is 35.4 Å². The van der Waals surface area contributed by atoms with Gasteiger partial charge in [0.2, 0.25) is 0 Å². The first kappa shape index (κ1) is 12.4. The zero-order chi connectivity index (χ0) is 13.0. The Bertz CT molecular complexity index is 454. The highest BCUT2D eigenvalue weighted by molar-refractivity contribution is 5.99. The van der Waals surface area contributed by atoms with Crippen molar-refractivity contribution >= 4 is 11.9 Å². The van der Waals surface area contributed by atoms with Crippen LogP contribution in [0.2, 0.25) is 0 Å². The van der Waals surface area contributed by atoms with Gasteiger partial charge in [-0.3, -0.25) is 4.99 Å². The number of nitrogens with zero attached hydrogens (tertiary/aromatic N) is 2. The second-order valence-electron chi connectivity index (χ2n) is 4.35. The Labute approximate surface area is 106 Å². The molecule has 0 aromatic heterocycles. The fourth-order valence-corrected chi connectivity index (χ4v) is 1.84. The number of carbonyl (C=O) groups is 1. The Kier molecular flexibility index (Phi) is 3.82. The van der Waals surface area contributed by atoms with Crippen LogP contribution in [0.15, 0.2) is 29.3 Å². The minimum atomic E-state index is -0.919. The molecule has 0 saturated carbocycles. The highest BCUT2D eigenvalue weighted by atomic mass is 16.4. The molecular weight excluding hydrogens is 230 g/mol. The summed E-state index contributed by atoms with van der Waals surface area (Å²) in [5.74, 6) is 0.930. The Hall–Kier alpha value is -2.04. The number of hydrogen-bond donors (Lipinski definition) is 2. The number of carboxylic acid groups (broad SMARTS) is 1. The van der Waals surface area contributed by atoms with E-state index < -0.39 is 6.09 Å². The van der Waals surface area contributed by atoms with Crippen molar-refractivity contribution in [3.63, 3.8) is 0 Å². The molecule has 5 nitrogen and oxygen atoms in total. The van der Waals surface area contributed by atoms with Gasteiger partial charge in [0, 0.05) is 32.2 Å². The largest absolute Gasteiger partial charge is 0.465 e. The van der Waals surface area contributed by atoms with Gasteiger partial charge in [-0.1, -0.05) is 24.3 Å². The van der Waals surface area contributed by atoms with Crippen LogP contribution in [0.4, 0.5) is 4.79 Å². The van der Waals surface area contributed by atoms with Crippen LogP contribution in [0.3, 0.4) is 0 Å². The monoisotopic (exact) mass is 247 g/mol. The van der Waals surface area contributed by atoms with Gasteiger partial charge in [-0.2, -0.15) is 0 Å². The summed E-state index contributed by atoms with van der Waals surface area (Å²) in [5.41, 5.74) is 2.02. The first-order valence-electron chi connectivity index (χ1n) is 5.98. The number of rotatable bonds is 3. The Morgan fingerprint density at radius 3 is 2.72 bits per heavy atom. The van der Waals surface area contributed by atoms with Crippen molar-refractivity contribution in [2.45, 2.75) is 13.0 Å². The summed E-state index contributed by atoms with van der Waals surface area (Å²) < 4.78 is 0. The van der Waals surface area contributed by atoms with Gasteiger partial charge in [-0.15, -0.1) is 0 Å². The van der Waals surface area contributed by atoms with Gasteiger partial charge in [0.25, 0.3) is 0 Å². The van der Waals surface area contributed by atoms with Crippen LogP contribution in [0, 0.1) is 0 Å². The molecule has 1 aromatic rings. The molecule has 0 unspecified atom stereocenters. The average Bonchev–Trinajstić information content (AvgIpc) is 2.40. The van der Waals surface area contributed by atoms with Gasteiger partial charge in [-0.05, 0) is 12.0 Å². The van der Waals surface area contributed by atoms with Crippen LogP contribution in [0.1, 0.15) is 17.5 Å². The van der Waals surface area contributed by atoms with Gasteiger partial charge in [0.05, 0.1) is 0 Å². The smallest absolute Gasteiger partial charge is 0.407 e. The van der Waals surface area contributed by atoms with Crippen LogP contribution >= 0.6 is 0 Å². The van der Waals surface area contributed by atoms with E-state index in [4.69, 9.17) is 5.11 Å². The molecular formula is C13H17N3O2. The Balaban J connectivity index is 2.05. The SMILES string of the molecule is CN(Cc1ccc(C2=NCCCN2)cc1)C(=O)O. The fourth-order valence-electron chi connectivity index (χ4n) is 1.84. The molecule has 0 fully saturated rings. The molecule has 0 radical (unpaired) electrons. The van der Waals surface area contributed by atoms with Crippen molar-refractivity contribution in [1.82, 2.24) is 10.2 Å². The summed E-state index contributed by atoms with van der Waals surface area (Å²) >= 11 is 0. The molecule has 1 heterocycles. The summed E-state index contributed by atoms with van der Waals surface area (Å²) in [5, 5.41) is 12.1. The molecule has 0 saturated heterocycles. The third-order valence-corrected chi connectivity index (χ3v) is 2.87. The van der Waals surface area contributed by atoms with E-state index in [1.54, 1.807) is 7.05 Å². The highest BCUT2D eigenvalue weighted by Gasteiger charge is 2.08. The molecule has 2 rings (SSSR count). The van der Waals surface area contributed by atoms with Gasteiger partial charge < -0.3 is 15.3 Å². The third-order valence-electron chi connectivity index (χ3n) is 2.87. The molecule has 1 aliphatic heterocycles. The lowest BCUT2D eigenvalue weighted by atomic mass is 10.1. The molecule has 96 valence electrons. The molecule has 0 spiro atoms. The van der Waals surface area contributed by atoms with E-state index in [0.717, 1.165) is 36.5 Å². The highest BCUT2D eigenvalue weighted by Crippen LogP contribution is 2.08. The maximum absolute atomic E-state index is 10.7. The van der Waals surface area contributed by atoms with Crippen LogP contribution in [0.25, 0.3) is 0 Å². The number of amidine groups is 1. The van der Waals surface area contributed by atoms with E-state index >= 15 is 0 Å². The first-order valence-corrected chi connectivity index (χ1v) is 5.98. The zero-order valence-electron chi connectivity index (χ0n) is 10.4. The van der Waals surface area contributed by atoms with E-state index in [2.05, 4.69) is 10.3 Å².